The molecule has 1 aliphatic rings. The van der Waals surface area contributed by atoms with Gasteiger partial charge in [0.15, 0.2) is 22.9 Å². The number of amides is 1. The molecule has 1 fully saturated rings. The molecule has 174 valence electrons. The molecule has 1 saturated heterocycles. The molecule has 1 aromatic heterocycles. The molecule has 1 aliphatic heterocycles. The number of rotatable bonds is 6. The molecule has 2 heterocycles. The van der Waals surface area contributed by atoms with Crippen molar-refractivity contribution in [3.8, 4) is 0 Å². The van der Waals surface area contributed by atoms with Crippen LogP contribution in [0.1, 0.15) is 62.6 Å². The summed E-state index contributed by atoms with van der Waals surface area (Å²) in [4.78, 5) is 23.1. The molecule has 0 aliphatic carbocycles. The van der Waals surface area contributed by atoms with E-state index in [4.69, 9.17) is 9.21 Å². The highest BCUT2D eigenvalue weighted by Crippen LogP contribution is 2.31. The smallest absolute Gasteiger partial charge is 0.204 e. The zero-order valence-electron chi connectivity index (χ0n) is 18.6. The first-order valence-corrected chi connectivity index (χ1v) is 10.6. The number of benzene rings is 1. The van der Waals surface area contributed by atoms with E-state index >= 15 is 0 Å². The lowest BCUT2D eigenvalue weighted by Gasteiger charge is -2.38. The number of piperidine rings is 1. The van der Waals surface area contributed by atoms with E-state index < -0.39 is 11.6 Å². The fraction of sp³-hybridized carbons (Fsp3) is 0.417. The van der Waals surface area contributed by atoms with Gasteiger partial charge in [0.1, 0.15) is 11.6 Å². The van der Waals surface area contributed by atoms with E-state index in [1.54, 1.807) is 25.2 Å². The van der Waals surface area contributed by atoms with Crippen LogP contribution in [0.2, 0.25) is 0 Å². The Morgan fingerprint density at radius 3 is 2.50 bits per heavy atom. The van der Waals surface area contributed by atoms with Crippen molar-refractivity contribution in [1.29, 1.82) is 0 Å². The van der Waals surface area contributed by atoms with Gasteiger partial charge in [0, 0.05) is 35.5 Å². The molecule has 2 atom stereocenters. The van der Waals surface area contributed by atoms with Crippen LogP contribution in [-0.2, 0) is 4.79 Å². The average molecular weight is 449 g/mol. The number of carbonyl (C=O) groups is 2. The van der Waals surface area contributed by atoms with Gasteiger partial charge in [0.25, 0.3) is 0 Å². The van der Waals surface area contributed by atoms with Gasteiger partial charge in [-0.1, -0.05) is 25.5 Å². The molecule has 0 radical (unpaired) electrons. The molecule has 0 saturated carbocycles. The molecule has 3 rings (SSSR count). The third-order valence-electron chi connectivity index (χ3n) is 5.59. The maximum Gasteiger partial charge on any atom is 0.204 e. The number of allylic oxidation sites excluding steroid dienone is 2. The summed E-state index contributed by atoms with van der Waals surface area (Å²) in [6, 6.07) is 2.67. The minimum atomic E-state index is -0.851. The molecule has 3 N–H and O–H groups in total. The Morgan fingerprint density at radius 2 is 1.91 bits per heavy atom. The van der Waals surface area contributed by atoms with Gasteiger partial charge < -0.3 is 15.3 Å². The standard InChI is InChI=1S/C23H27F2NO3.CH3NO/c1-4-21(28)23-18(19-11-16(24)12-20(25)22(19)29-23)10-6-9-17(27)13-26-14(2)7-5-8-15(26)3;2-1-3/h6,9-12,14-15,27H,4-5,7-8,13H2,1-3H3;1H,(H2,2,3)/b10-6+,17-9-;. The molecule has 32 heavy (non-hydrogen) atoms. The van der Waals surface area contributed by atoms with Gasteiger partial charge in [-0.2, -0.15) is 0 Å². The van der Waals surface area contributed by atoms with Crippen molar-refractivity contribution in [2.24, 2.45) is 5.73 Å². The van der Waals surface area contributed by atoms with Gasteiger partial charge in [-0.15, -0.1) is 0 Å². The number of carbonyl (C=O) groups excluding carboxylic acids is 2. The molecule has 6 nitrogen and oxygen atoms in total. The van der Waals surface area contributed by atoms with Crippen molar-refractivity contribution in [1.82, 2.24) is 4.90 Å². The van der Waals surface area contributed by atoms with Crippen molar-refractivity contribution < 1.29 is 27.9 Å². The number of hydrogen-bond acceptors (Lipinski definition) is 5. The lowest BCUT2D eigenvalue weighted by molar-refractivity contribution is -0.106. The highest BCUT2D eigenvalue weighted by molar-refractivity contribution is 6.03. The van der Waals surface area contributed by atoms with Crippen molar-refractivity contribution in [2.75, 3.05) is 6.54 Å². The summed E-state index contributed by atoms with van der Waals surface area (Å²) < 4.78 is 33.2. The lowest BCUT2D eigenvalue weighted by atomic mass is 9.97. The van der Waals surface area contributed by atoms with Crippen LogP contribution >= 0.6 is 0 Å². The maximum atomic E-state index is 14.1. The highest BCUT2D eigenvalue weighted by atomic mass is 19.1. The summed E-state index contributed by atoms with van der Waals surface area (Å²) in [6.45, 7) is 6.42. The van der Waals surface area contributed by atoms with Crippen molar-refractivity contribution in [3.63, 3.8) is 0 Å². The van der Waals surface area contributed by atoms with Gasteiger partial charge >= 0.3 is 0 Å². The molecule has 0 bridgehead atoms. The van der Waals surface area contributed by atoms with Crippen LogP contribution in [0.25, 0.3) is 17.0 Å². The summed E-state index contributed by atoms with van der Waals surface area (Å²) in [5, 5.41) is 10.5. The van der Waals surface area contributed by atoms with Gasteiger partial charge in [0.2, 0.25) is 6.41 Å². The number of nitrogens with zero attached hydrogens (tertiary/aromatic N) is 1. The molecule has 0 spiro atoms. The van der Waals surface area contributed by atoms with E-state index in [1.807, 2.05) is 0 Å². The number of ketones is 1. The average Bonchev–Trinajstić information content (AvgIpc) is 3.10. The molecule has 1 amide bonds. The normalized spacial score (nSPS) is 19.7. The number of likely N-dealkylation sites (tertiary alicyclic amines) is 1. The number of Topliss-reactive ketones (excluding diaryl/α,β-unsaturated/α-hetero) is 1. The van der Waals surface area contributed by atoms with Crippen LogP contribution in [0.5, 0.6) is 0 Å². The van der Waals surface area contributed by atoms with E-state index in [0.29, 0.717) is 24.2 Å². The van der Waals surface area contributed by atoms with Crippen LogP contribution in [0.3, 0.4) is 0 Å². The second kappa shape index (κ2) is 11.6. The first-order chi connectivity index (χ1) is 15.2. The first kappa shape index (κ1) is 25.3. The van der Waals surface area contributed by atoms with Crippen molar-refractivity contribution >= 4 is 29.2 Å². The Morgan fingerprint density at radius 1 is 1.28 bits per heavy atom. The lowest BCUT2D eigenvalue weighted by Crippen LogP contribution is -2.44. The topological polar surface area (TPSA) is 96.8 Å². The Bertz CT molecular complexity index is 1000. The van der Waals surface area contributed by atoms with E-state index in [-0.39, 0.29) is 41.1 Å². The molecule has 2 aromatic rings. The summed E-state index contributed by atoms with van der Waals surface area (Å²) >= 11 is 0. The summed E-state index contributed by atoms with van der Waals surface area (Å²) in [5.41, 5.74) is 4.33. The number of fused-ring (bicyclic) bond motifs is 1. The zero-order valence-corrected chi connectivity index (χ0v) is 18.6. The predicted octanol–water partition coefficient (Wildman–Crippen LogP) is 5.12. The van der Waals surface area contributed by atoms with Crippen LogP contribution in [-0.4, -0.2) is 40.8 Å². The van der Waals surface area contributed by atoms with E-state index in [0.717, 1.165) is 25.0 Å². The summed E-state index contributed by atoms with van der Waals surface area (Å²) in [5.74, 6) is -1.71. The number of nitrogens with two attached hydrogens (primary N) is 1. The number of aliphatic hydroxyl groups is 1. The molecular formula is C24H30F2N2O4. The van der Waals surface area contributed by atoms with Crippen LogP contribution in [0.4, 0.5) is 8.78 Å². The van der Waals surface area contributed by atoms with E-state index in [2.05, 4.69) is 24.5 Å². The Hall–Kier alpha value is -3.00. The Labute approximate surface area is 186 Å². The minimum Gasteiger partial charge on any atom is -0.511 e. The summed E-state index contributed by atoms with van der Waals surface area (Å²) in [7, 11) is 0. The van der Waals surface area contributed by atoms with Gasteiger partial charge in [-0.3, -0.25) is 14.5 Å². The first-order valence-electron chi connectivity index (χ1n) is 10.6. The monoisotopic (exact) mass is 448 g/mol. The zero-order chi connectivity index (χ0) is 23.8. The van der Waals surface area contributed by atoms with E-state index in [1.165, 1.54) is 6.42 Å². The van der Waals surface area contributed by atoms with Gasteiger partial charge in [-0.25, -0.2) is 8.78 Å². The molecular weight excluding hydrogens is 418 g/mol. The fourth-order valence-electron chi connectivity index (χ4n) is 3.96. The number of aliphatic hydroxyl groups excluding tert-OH is 1. The largest absolute Gasteiger partial charge is 0.511 e. The second-order valence-corrected chi connectivity index (χ2v) is 7.84. The third kappa shape index (κ3) is 6.03. The van der Waals surface area contributed by atoms with Gasteiger partial charge in [0.05, 0.1) is 6.54 Å². The highest BCUT2D eigenvalue weighted by Gasteiger charge is 2.25. The predicted molar refractivity (Wildman–Crippen MR) is 120 cm³/mol. The number of halogens is 2. The van der Waals surface area contributed by atoms with Crippen LogP contribution in [0.15, 0.2) is 34.5 Å². The fourth-order valence-corrected chi connectivity index (χ4v) is 3.96. The molecule has 2 unspecified atom stereocenters. The maximum absolute atomic E-state index is 14.1. The van der Waals surface area contributed by atoms with Crippen LogP contribution < -0.4 is 5.73 Å². The van der Waals surface area contributed by atoms with Gasteiger partial charge in [-0.05, 0) is 38.8 Å². The second-order valence-electron chi connectivity index (χ2n) is 7.84. The van der Waals surface area contributed by atoms with Crippen molar-refractivity contribution in [2.45, 2.75) is 58.5 Å². The molecule has 8 heteroatoms. The van der Waals surface area contributed by atoms with Crippen LogP contribution in [0, 0.1) is 11.6 Å². The number of hydrogen-bond donors (Lipinski definition) is 2. The molecule has 1 aromatic carbocycles. The SMILES string of the molecule is CCC(=O)c1oc2c(F)cc(F)cc2c1/C=C/C=C(\O)CN1C(C)CCCC1C.NC=O. The number of primary amides is 1. The summed E-state index contributed by atoms with van der Waals surface area (Å²) in [6.07, 6.45) is 8.50. The third-order valence-corrected chi connectivity index (χ3v) is 5.59. The van der Waals surface area contributed by atoms with Crippen molar-refractivity contribution in [3.05, 3.63) is 53.0 Å². The number of furan rings is 1. The quantitative estimate of drug-likeness (QED) is 0.277. The Balaban J connectivity index is 0.00000114. The minimum absolute atomic E-state index is 0.00517. The van der Waals surface area contributed by atoms with E-state index in [9.17, 15) is 18.7 Å². The Kier molecular flexibility index (Phi) is 9.13.